The number of carbonyl (C=O) groups is 1. The first kappa shape index (κ1) is 21.8. The van der Waals surface area contributed by atoms with Crippen molar-refractivity contribution in [2.24, 2.45) is 0 Å². The molecule has 1 aliphatic rings. The van der Waals surface area contributed by atoms with Crippen LogP contribution in [-0.2, 0) is 20.3 Å². The number of nitriles is 6. The molecule has 0 aromatic rings. The topological polar surface area (TPSA) is 250 Å². The number of nitrogens with zero attached hydrogens (tertiary/aromatic N) is 6. The quantitative estimate of drug-likeness (QED) is 0.260. The van der Waals surface area contributed by atoms with Gasteiger partial charge in [0.2, 0.25) is 0 Å². The molecule has 4 N–H and O–H groups in total. The van der Waals surface area contributed by atoms with E-state index in [1.54, 1.807) is 0 Å². The minimum Gasteiger partial charge on any atom is -0.455 e. The van der Waals surface area contributed by atoms with Crippen molar-refractivity contribution in [1.82, 2.24) is 0 Å². The molecule has 0 saturated carbocycles. The summed E-state index contributed by atoms with van der Waals surface area (Å²) >= 11 is 0. The average molecular weight is 390 g/mol. The molecule has 1 heterocycles. The molecule has 0 bridgehead atoms. The third-order valence-electron chi connectivity index (χ3n) is 2.93. The maximum absolute atomic E-state index is 10.7. The number of aliphatic hydroxyl groups excluding tert-OH is 4. The van der Waals surface area contributed by atoms with Crippen LogP contribution in [0.15, 0.2) is 0 Å². The summed E-state index contributed by atoms with van der Waals surface area (Å²) in [7, 11) is -6.17. The van der Waals surface area contributed by atoms with E-state index < -0.39 is 47.7 Å². The summed E-state index contributed by atoms with van der Waals surface area (Å²) in [6.07, 6.45) is -5.93. The van der Waals surface area contributed by atoms with Gasteiger partial charge < -0.3 is 25.2 Å². The molecule has 25 heavy (non-hydrogen) atoms. The first-order valence-electron chi connectivity index (χ1n) is 5.83. The summed E-state index contributed by atoms with van der Waals surface area (Å²) in [5, 5.41) is 87.0. The van der Waals surface area contributed by atoms with E-state index in [0.717, 1.165) is 29.8 Å². The maximum atomic E-state index is 10.7. The Hall–Kier alpha value is -3.23. The normalized spacial score (nSPS) is 27.4. The number of esters is 1. The molecular weight excluding hydrogens is 380 g/mol. The zero-order chi connectivity index (χ0) is 20.0. The molecule has 0 aliphatic carbocycles. The van der Waals surface area contributed by atoms with Gasteiger partial charge >= 0.3 is 78.1 Å². The van der Waals surface area contributed by atoms with E-state index in [4.69, 9.17) is 52.0 Å². The Kier molecular flexibility index (Phi) is 5.85. The number of hydrogen-bond donors (Lipinski definition) is 4. The second-order valence-corrected chi connectivity index (χ2v) is 10.0. The third-order valence-corrected chi connectivity index (χ3v) is 6.63. The zero-order valence-corrected chi connectivity index (χ0v) is 13.3. The van der Waals surface area contributed by atoms with Gasteiger partial charge in [-0.2, -0.15) is 0 Å². The summed E-state index contributed by atoms with van der Waals surface area (Å²) in [6, 6.07) is 0. The van der Waals surface area contributed by atoms with Gasteiger partial charge in [0, 0.05) is 0 Å². The molecule has 0 unspecified atom stereocenters. The fourth-order valence-electron chi connectivity index (χ4n) is 1.25. The van der Waals surface area contributed by atoms with Crippen LogP contribution in [0.5, 0.6) is 0 Å². The smallest absolute Gasteiger partial charge is 0.338 e. The summed E-state index contributed by atoms with van der Waals surface area (Å²) in [5.74, 6) is -1.04. The Morgan fingerprint density at radius 1 is 0.840 bits per heavy atom. The molecule has 0 radical (unpaired) electrons. The second-order valence-electron chi connectivity index (χ2n) is 4.38. The molecule has 1 rings (SSSR count). The molecule has 0 spiro atoms. The zero-order valence-electron chi connectivity index (χ0n) is 12.2. The van der Waals surface area contributed by atoms with Crippen LogP contribution in [0.1, 0.15) is 0 Å². The van der Waals surface area contributed by atoms with Crippen LogP contribution in [0.3, 0.4) is 0 Å². The summed E-state index contributed by atoms with van der Waals surface area (Å²) in [5.41, 5.74) is 0. The minimum atomic E-state index is -6.17. The maximum Gasteiger partial charge on any atom is 0.338 e. The van der Waals surface area contributed by atoms with Crippen molar-refractivity contribution in [1.29, 1.82) is 31.6 Å². The van der Waals surface area contributed by atoms with Gasteiger partial charge in [-0.15, -0.1) is 0 Å². The molecule has 12 nitrogen and oxygen atoms in total. The van der Waals surface area contributed by atoms with Crippen LogP contribution in [0.25, 0.3) is 0 Å². The van der Waals surface area contributed by atoms with E-state index in [9.17, 15) is 4.79 Å². The third kappa shape index (κ3) is 3.08. The van der Waals surface area contributed by atoms with Gasteiger partial charge in [0.1, 0.15) is 12.2 Å². The van der Waals surface area contributed by atoms with Crippen LogP contribution >= 0.6 is 0 Å². The number of carbonyl (C=O) groups excluding carboxylic acids is 1. The summed E-state index contributed by atoms with van der Waals surface area (Å²) in [4.78, 5) is 16.9. The van der Waals surface area contributed by atoms with E-state index in [1.165, 1.54) is 0 Å². The van der Waals surface area contributed by atoms with Gasteiger partial charge in [0.25, 0.3) is 0 Å². The number of rotatable bonds is 1. The first-order chi connectivity index (χ1) is 11.5. The van der Waals surface area contributed by atoms with Crippen molar-refractivity contribution in [3.05, 3.63) is 0 Å². The van der Waals surface area contributed by atoms with Gasteiger partial charge in [0.15, 0.2) is 12.2 Å². The van der Waals surface area contributed by atoms with E-state index in [1.807, 2.05) is 0 Å². The molecule has 132 valence electrons. The van der Waals surface area contributed by atoms with Gasteiger partial charge in [-0.3, -0.25) is 0 Å². The van der Waals surface area contributed by atoms with Crippen molar-refractivity contribution in [3.63, 3.8) is 0 Å². The Bertz CT molecular complexity index is 701. The Morgan fingerprint density at radius 3 is 1.44 bits per heavy atom. The van der Waals surface area contributed by atoms with Crippen molar-refractivity contribution < 1.29 is 40.7 Å². The van der Waals surface area contributed by atoms with Crippen LogP contribution in [-0.4, -0.2) is 57.4 Å². The molecule has 0 amide bonds. The van der Waals surface area contributed by atoms with Gasteiger partial charge in [0.05, 0.1) is 6.61 Å². The molecular formula is C12H10FeN6O6. The van der Waals surface area contributed by atoms with Crippen LogP contribution in [0.2, 0.25) is 0 Å². The first-order valence-corrected chi connectivity index (χ1v) is 9.15. The number of cyclic esters (lactones) is 1. The SMILES string of the molecule is N#[C][Fe]([C]#N)([C]#N)([C]#N)([C]#N)[C]#N.O=C1O[C@H](CO)[C@@H](O)[C@H](O)[C@H]1O. The van der Waals surface area contributed by atoms with Crippen LogP contribution < -0.4 is 0 Å². The molecule has 1 saturated heterocycles. The predicted molar refractivity (Wildman–Crippen MR) is 68.7 cm³/mol. The number of ether oxygens (including phenoxy) is 1. The Labute approximate surface area is 139 Å². The Morgan fingerprint density at radius 2 is 1.20 bits per heavy atom. The Balaban J connectivity index is 0.000000462. The molecule has 0 aromatic heterocycles. The summed E-state index contributed by atoms with van der Waals surface area (Å²) in [6.45, 7) is -0.587. The molecule has 0 aromatic carbocycles. The fourth-order valence-corrected chi connectivity index (χ4v) is 2.07. The minimum absolute atomic E-state index is 0.587. The monoisotopic (exact) mass is 390 g/mol. The van der Waals surface area contributed by atoms with Crippen molar-refractivity contribution in [2.75, 3.05) is 6.61 Å². The van der Waals surface area contributed by atoms with Crippen molar-refractivity contribution in [2.45, 2.75) is 24.4 Å². The largest absolute Gasteiger partial charge is 0.455 e. The van der Waals surface area contributed by atoms with Crippen molar-refractivity contribution >= 4 is 5.97 Å². The van der Waals surface area contributed by atoms with Gasteiger partial charge in [-0.25, -0.2) is 4.79 Å². The van der Waals surface area contributed by atoms with E-state index in [2.05, 4.69) is 4.74 Å². The number of aliphatic hydroxyl groups is 4. The van der Waals surface area contributed by atoms with Gasteiger partial charge in [-0.05, 0) is 0 Å². The van der Waals surface area contributed by atoms with Crippen LogP contribution in [0.4, 0.5) is 0 Å². The average Bonchev–Trinajstić information content (AvgIpc) is 2.68. The van der Waals surface area contributed by atoms with Gasteiger partial charge in [-0.1, -0.05) is 0 Å². The molecule has 13 heteroatoms. The second kappa shape index (κ2) is 6.71. The molecule has 1 aliphatic heterocycles. The molecule has 1 fully saturated rings. The predicted octanol–water partition coefficient (Wildman–Crippen LogP) is -2.92. The molecule has 4 atom stereocenters. The standard InChI is InChI=1S/C6H10O6.6CN.Fe/c7-1-2-3(8)4(9)5(10)6(11)12-2;6*1-2;/h2-5,7-10H,1H2;;;;;;;/t2-,3-,4+,5-;;;;;;;/m1......./s1. The van der Waals surface area contributed by atoms with Crippen molar-refractivity contribution in [3.8, 4) is 29.8 Å². The van der Waals surface area contributed by atoms with Crippen LogP contribution in [0, 0.1) is 61.4 Å². The van der Waals surface area contributed by atoms with E-state index >= 15 is 0 Å². The summed E-state index contributed by atoms with van der Waals surface area (Å²) < 4.78 is 4.38. The van der Waals surface area contributed by atoms with E-state index in [-0.39, 0.29) is 0 Å². The fraction of sp³-hybridized carbons (Fsp3) is 0.417. The number of hydrogen-bond acceptors (Lipinski definition) is 12. The van der Waals surface area contributed by atoms with E-state index in [0.29, 0.717) is 0 Å².